The predicted molar refractivity (Wildman–Crippen MR) is 69.0 cm³/mol. The van der Waals surface area contributed by atoms with E-state index in [1.54, 1.807) is 0 Å². The molecule has 0 aliphatic rings. The molecular weight excluding hydrogens is 214 g/mol. The van der Waals surface area contributed by atoms with Crippen LogP contribution in [0.2, 0.25) is 0 Å². The second-order valence-corrected chi connectivity index (χ2v) is 4.31. The molecule has 0 bridgehead atoms. The van der Waals surface area contributed by atoms with Crippen LogP contribution in [0.4, 0.5) is 0 Å². The lowest BCUT2D eigenvalue weighted by Gasteiger charge is -2.07. The van der Waals surface area contributed by atoms with Gasteiger partial charge in [-0.2, -0.15) is 0 Å². The first-order valence-electron chi connectivity index (χ1n) is 6.17. The molecule has 1 aromatic rings. The fraction of sp³-hybridized carbons (Fsp3) is 0.500. The monoisotopic (exact) mass is 235 g/mol. The molecule has 2 N–H and O–H groups in total. The smallest absolute Gasteiger partial charge is 0.303 e. The van der Waals surface area contributed by atoms with Crippen LogP contribution in [0.25, 0.3) is 0 Å². The van der Waals surface area contributed by atoms with Crippen molar-refractivity contribution in [2.24, 2.45) is 0 Å². The van der Waals surface area contributed by atoms with Gasteiger partial charge in [0.2, 0.25) is 0 Å². The lowest BCUT2D eigenvalue weighted by molar-refractivity contribution is -0.137. The lowest BCUT2D eigenvalue weighted by Crippen LogP contribution is -2.15. The van der Waals surface area contributed by atoms with Crippen molar-refractivity contribution in [3.8, 4) is 0 Å². The fourth-order valence-corrected chi connectivity index (χ4v) is 1.73. The Balaban J connectivity index is 2.05. The van der Waals surface area contributed by atoms with Crippen molar-refractivity contribution in [2.45, 2.75) is 39.2 Å². The predicted octanol–water partition coefficient (Wildman–Crippen LogP) is 2.73. The number of nitrogens with one attached hydrogen (secondary N) is 1. The van der Waals surface area contributed by atoms with Gasteiger partial charge in [0.1, 0.15) is 0 Å². The highest BCUT2D eigenvalue weighted by Crippen LogP contribution is 2.06. The quantitative estimate of drug-likeness (QED) is 0.681. The Kier molecular flexibility index (Phi) is 6.33. The molecule has 0 heterocycles. The number of hydrogen-bond donors (Lipinski definition) is 2. The van der Waals surface area contributed by atoms with Crippen molar-refractivity contribution >= 4 is 5.97 Å². The number of aryl methyl sites for hydroxylation is 1. The van der Waals surface area contributed by atoms with E-state index in [4.69, 9.17) is 5.11 Å². The third-order valence-corrected chi connectivity index (χ3v) is 2.82. The minimum Gasteiger partial charge on any atom is -0.481 e. The summed E-state index contributed by atoms with van der Waals surface area (Å²) in [7, 11) is 0. The molecule has 0 unspecified atom stereocenters. The first kappa shape index (κ1) is 13.7. The van der Waals surface area contributed by atoms with Gasteiger partial charge in [-0.1, -0.05) is 30.7 Å². The highest BCUT2D eigenvalue weighted by atomic mass is 16.4. The van der Waals surface area contributed by atoms with E-state index in [9.17, 15) is 4.79 Å². The van der Waals surface area contributed by atoms with Gasteiger partial charge in [0, 0.05) is 13.0 Å². The lowest BCUT2D eigenvalue weighted by atomic mass is 10.1. The summed E-state index contributed by atoms with van der Waals surface area (Å²) >= 11 is 0. The molecule has 94 valence electrons. The van der Waals surface area contributed by atoms with E-state index in [-0.39, 0.29) is 6.42 Å². The summed E-state index contributed by atoms with van der Waals surface area (Å²) in [5.41, 5.74) is 2.64. The van der Waals surface area contributed by atoms with Crippen LogP contribution in [-0.4, -0.2) is 17.6 Å². The number of carboxylic acid groups (broad SMARTS) is 1. The van der Waals surface area contributed by atoms with Crippen LogP contribution in [0.1, 0.15) is 36.8 Å². The highest BCUT2D eigenvalue weighted by Gasteiger charge is 1.97. The first-order valence-corrected chi connectivity index (χ1v) is 6.17. The van der Waals surface area contributed by atoms with Crippen molar-refractivity contribution in [3.63, 3.8) is 0 Å². The van der Waals surface area contributed by atoms with E-state index >= 15 is 0 Å². The van der Waals surface area contributed by atoms with Gasteiger partial charge in [0.25, 0.3) is 0 Å². The van der Waals surface area contributed by atoms with Crippen molar-refractivity contribution in [2.75, 3.05) is 6.54 Å². The maximum atomic E-state index is 10.3. The highest BCUT2D eigenvalue weighted by molar-refractivity contribution is 5.66. The largest absolute Gasteiger partial charge is 0.481 e. The molecule has 0 aromatic heterocycles. The molecule has 1 rings (SSSR count). The van der Waals surface area contributed by atoms with E-state index in [1.807, 2.05) is 6.07 Å². The Hall–Kier alpha value is -1.35. The minimum atomic E-state index is -0.696. The third-order valence-electron chi connectivity index (χ3n) is 2.82. The Morgan fingerprint density at radius 3 is 2.71 bits per heavy atom. The van der Waals surface area contributed by atoms with E-state index in [0.29, 0.717) is 0 Å². The van der Waals surface area contributed by atoms with Gasteiger partial charge in [-0.3, -0.25) is 4.79 Å². The molecule has 17 heavy (non-hydrogen) atoms. The maximum absolute atomic E-state index is 10.3. The second-order valence-electron chi connectivity index (χ2n) is 4.31. The zero-order chi connectivity index (χ0) is 12.5. The van der Waals surface area contributed by atoms with Crippen molar-refractivity contribution in [1.82, 2.24) is 5.32 Å². The zero-order valence-electron chi connectivity index (χ0n) is 10.4. The minimum absolute atomic E-state index is 0.289. The molecule has 0 saturated carbocycles. The molecule has 1 aromatic carbocycles. The number of aliphatic carboxylic acids is 1. The summed E-state index contributed by atoms with van der Waals surface area (Å²) in [6, 6.07) is 8.35. The number of unbranched alkanes of at least 4 members (excludes halogenated alkanes) is 2. The van der Waals surface area contributed by atoms with Crippen LogP contribution >= 0.6 is 0 Å². The van der Waals surface area contributed by atoms with E-state index in [0.717, 1.165) is 32.4 Å². The van der Waals surface area contributed by atoms with Crippen LogP contribution in [0.3, 0.4) is 0 Å². The molecule has 3 nitrogen and oxygen atoms in total. The van der Waals surface area contributed by atoms with Gasteiger partial charge < -0.3 is 10.4 Å². The number of rotatable bonds is 8. The van der Waals surface area contributed by atoms with Crippen LogP contribution in [0.15, 0.2) is 24.3 Å². The molecule has 0 amide bonds. The van der Waals surface area contributed by atoms with Gasteiger partial charge in [-0.25, -0.2) is 0 Å². The van der Waals surface area contributed by atoms with Crippen LogP contribution in [-0.2, 0) is 11.3 Å². The number of hydrogen-bond acceptors (Lipinski definition) is 2. The topological polar surface area (TPSA) is 49.3 Å². The van der Waals surface area contributed by atoms with Crippen LogP contribution in [0.5, 0.6) is 0 Å². The van der Waals surface area contributed by atoms with Crippen molar-refractivity contribution in [3.05, 3.63) is 35.4 Å². The Morgan fingerprint density at radius 1 is 1.24 bits per heavy atom. The zero-order valence-corrected chi connectivity index (χ0v) is 10.4. The van der Waals surface area contributed by atoms with Gasteiger partial charge in [0.05, 0.1) is 0 Å². The van der Waals surface area contributed by atoms with Gasteiger partial charge in [-0.15, -0.1) is 0 Å². The van der Waals surface area contributed by atoms with E-state index in [1.165, 1.54) is 11.1 Å². The number of carboxylic acids is 1. The van der Waals surface area contributed by atoms with Gasteiger partial charge in [0.15, 0.2) is 0 Å². The summed E-state index contributed by atoms with van der Waals surface area (Å²) in [6.07, 6.45) is 3.09. The average Bonchev–Trinajstić information content (AvgIpc) is 2.30. The molecule has 0 aliphatic heterocycles. The van der Waals surface area contributed by atoms with Gasteiger partial charge >= 0.3 is 5.97 Å². The van der Waals surface area contributed by atoms with Gasteiger partial charge in [-0.05, 0) is 37.4 Å². The summed E-state index contributed by atoms with van der Waals surface area (Å²) in [4.78, 5) is 10.3. The molecule has 0 aliphatic carbocycles. The molecule has 0 atom stereocenters. The number of benzene rings is 1. The average molecular weight is 235 g/mol. The second kappa shape index (κ2) is 7.85. The molecule has 0 spiro atoms. The van der Waals surface area contributed by atoms with E-state index < -0.39 is 5.97 Å². The Labute approximate surface area is 103 Å². The maximum Gasteiger partial charge on any atom is 0.303 e. The number of carbonyl (C=O) groups is 1. The van der Waals surface area contributed by atoms with Crippen LogP contribution in [0, 0.1) is 6.92 Å². The molecule has 0 saturated heterocycles. The molecular formula is C14H21NO2. The summed E-state index contributed by atoms with van der Waals surface area (Å²) in [6.45, 7) is 3.96. The third kappa shape index (κ3) is 6.07. The summed E-state index contributed by atoms with van der Waals surface area (Å²) in [5, 5.41) is 11.9. The molecule has 0 fully saturated rings. The molecule has 0 radical (unpaired) electrons. The Bertz CT molecular complexity index is 350. The molecule has 3 heteroatoms. The summed E-state index contributed by atoms with van der Waals surface area (Å²) in [5.74, 6) is -0.696. The standard InChI is InChI=1S/C14H21NO2/c1-12-7-4-5-8-13(12)11-15-10-6-2-3-9-14(16)17/h4-5,7-8,15H,2-3,6,9-11H2,1H3,(H,16,17). The Morgan fingerprint density at radius 2 is 2.00 bits per heavy atom. The van der Waals surface area contributed by atoms with E-state index in [2.05, 4.69) is 30.4 Å². The van der Waals surface area contributed by atoms with Crippen LogP contribution < -0.4 is 5.32 Å². The first-order chi connectivity index (χ1) is 8.20. The summed E-state index contributed by atoms with van der Waals surface area (Å²) < 4.78 is 0. The van der Waals surface area contributed by atoms with Crippen molar-refractivity contribution in [1.29, 1.82) is 0 Å². The normalized spacial score (nSPS) is 10.4. The fourth-order valence-electron chi connectivity index (χ4n) is 1.73. The van der Waals surface area contributed by atoms with Crippen molar-refractivity contribution < 1.29 is 9.90 Å². The SMILES string of the molecule is Cc1ccccc1CNCCCCCC(=O)O.